The Hall–Kier alpha value is -5.62. The lowest BCUT2D eigenvalue weighted by Crippen LogP contribution is -2.34. The molecule has 2 aliphatic heterocycles. The average Bonchev–Trinajstić information content (AvgIpc) is 3.11. The molecule has 0 saturated carbocycles. The molecule has 0 saturated heterocycles. The number of ether oxygens (including phenoxy) is 2. The van der Waals surface area contributed by atoms with Crippen molar-refractivity contribution in [3.8, 4) is 23.0 Å². The van der Waals surface area contributed by atoms with E-state index in [1.54, 1.807) is 24.3 Å². The molecule has 2 heterocycles. The molecule has 6 heteroatoms. The molecule has 2 aliphatic rings. The maximum Gasteiger partial charge on any atom is 0.153 e. The van der Waals surface area contributed by atoms with Gasteiger partial charge < -0.3 is 9.47 Å². The Bertz CT molecular complexity index is 2100. The van der Waals surface area contributed by atoms with Crippen LogP contribution in [-0.2, 0) is 16.2 Å². The van der Waals surface area contributed by atoms with E-state index in [0.717, 1.165) is 86.3 Å². The summed E-state index contributed by atoms with van der Waals surface area (Å²) < 4.78 is 13.1. The molecule has 0 radical (unpaired) electrons. The predicted molar refractivity (Wildman–Crippen MR) is 203 cm³/mol. The summed E-state index contributed by atoms with van der Waals surface area (Å²) in [6, 6.07) is 22.1. The second kappa shape index (κ2) is 12.0. The van der Waals surface area contributed by atoms with Crippen molar-refractivity contribution in [1.82, 2.24) is 0 Å². The lowest BCUT2D eigenvalue weighted by Gasteiger charge is -2.43. The summed E-state index contributed by atoms with van der Waals surface area (Å²) in [4.78, 5) is 50.3. The summed E-state index contributed by atoms with van der Waals surface area (Å²) in [5.74, 6) is 1.71. The molecule has 7 rings (SSSR count). The van der Waals surface area contributed by atoms with Crippen LogP contribution in [-0.4, -0.2) is 25.1 Å². The third kappa shape index (κ3) is 5.07. The minimum Gasteiger partial charge on any atom is -0.455 e. The highest BCUT2D eigenvalue weighted by Crippen LogP contribution is 2.58. The van der Waals surface area contributed by atoms with Gasteiger partial charge in [-0.15, -0.1) is 0 Å². The fourth-order valence-electron chi connectivity index (χ4n) is 8.25. The highest BCUT2D eigenvalue weighted by Gasteiger charge is 2.46. The van der Waals surface area contributed by atoms with E-state index < -0.39 is 10.8 Å². The summed E-state index contributed by atoms with van der Waals surface area (Å²) in [6.07, 6.45) is 3.22. The van der Waals surface area contributed by atoms with Crippen LogP contribution in [0.2, 0.25) is 0 Å². The van der Waals surface area contributed by atoms with Crippen molar-refractivity contribution in [2.45, 2.75) is 78.6 Å². The van der Waals surface area contributed by atoms with Crippen molar-refractivity contribution < 1.29 is 28.7 Å². The van der Waals surface area contributed by atoms with Crippen LogP contribution in [0.5, 0.6) is 23.0 Å². The van der Waals surface area contributed by atoms with E-state index >= 15 is 0 Å². The van der Waals surface area contributed by atoms with E-state index in [9.17, 15) is 19.2 Å². The SMILES string of the molecule is Cc1cc(C=O)c2c(c1)C(C)(c1cc(C(C)(C)C)cc(C3(C)c4cc(C)cc(C=O)c4Oc4c(C=O)cc(C)cc43)c1)c1cc(C)cc(C=O)c1O2. The maximum absolute atomic E-state index is 12.6. The first-order valence-electron chi connectivity index (χ1n) is 17.5. The van der Waals surface area contributed by atoms with Gasteiger partial charge in [0.2, 0.25) is 0 Å². The van der Waals surface area contributed by atoms with E-state index in [0.29, 0.717) is 45.3 Å². The summed E-state index contributed by atoms with van der Waals surface area (Å²) in [5.41, 5.74) is 9.36. The first kappa shape index (κ1) is 34.8. The van der Waals surface area contributed by atoms with Gasteiger partial charge in [-0.3, -0.25) is 19.2 Å². The predicted octanol–water partition coefficient (Wildman–Crippen LogP) is 10.4. The van der Waals surface area contributed by atoms with Crippen LogP contribution in [0, 0.1) is 27.7 Å². The lowest BCUT2D eigenvalue weighted by molar-refractivity contribution is 0.110. The second-order valence-corrected chi connectivity index (χ2v) is 15.9. The standard InChI is InChI=1S/C46H42O6/c1-25-10-29(21-47)40-36(14-25)45(8,37-15-26(2)11-30(22-48)41(37)51-40)34-18-33(44(5,6)7)19-35(20-34)46(9)38-16-27(3)12-31(23-49)42(38)52-43-32(24-50)13-28(4)17-39(43)46/h10-24H,1-9H3. The molecule has 52 heavy (non-hydrogen) atoms. The molecule has 5 aromatic carbocycles. The molecule has 0 spiro atoms. The van der Waals surface area contributed by atoms with Gasteiger partial charge in [-0.2, -0.15) is 0 Å². The number of carbonyl (C=O) groups excluding carboxylic acids is 4. The zero-order valence-corrected chi connectivity index (χ0v) is 31.1. The number of fused-ring (bicyclic) bond motifs is 4. The normalized spacial score (nSPS) is 14.8. The summed E-state index contributed by atoms with van der Waals surface area (Å²) >= 11 is 0. The van der Waals surface area contributed by atoms with Gasteiger partial charge >= 0.3 is 0 Å². The molecule has 5 aromatic rings. The fraction of sp³-hybridized carbons (Fsp3) is 0.261. The van der Waals surface area contributed by atoms with Crippen molar-refractivity contribution in [1.29, 1.82) is 0 Å². The Balaban J connectivity index is 1.66. The van der Waals surface area contributed by atoms with E-state index in [1.165, 1.54) is 0 Å². The van der Waals surface area contributed by atoms with Gasteiger partial charge in [-0.1, -0.05) is 63.2 Å². The third-order valence-electron chi connectivity index (χ3n) is 11.1. The van der Waals surface area contributed by atoms with Crippen LogP contribution in [0.15, 0.2) is 66.7 Å². The molecular weight excluding hydrogens is 649 g/mol. The van der Waals surface area contributed by atoms with Gasteiger partial charge in [0.05, 0.1) is 22.3 Å². The summed E-state index contributed by atoms with van der Waals surface area (Å²) in [7, 11) is 0. The molecule has 0 aliphatic carbocycles. The zero-order chi connectivity index (χ0) is 37.5. The Morgan fingerprint density at radius 2 is 0.712 bits per heavy atom. The Labute approximate surface area is 304 Å². The Morgan fingerprint density at radius 3 is 0.942 bits per heavy atom. The first-order chi connectivity index (χ1) is 24.6. The van der Waals surface area contributed by atoms with Gasteiger partial charge in [0, 0.05) is 33.1 Å². The highest BCUT2D eigenvalue weighted by atomic mass is 16.5. The Kier molecular flexibility index (Phi) is 8.02. The van der Waals surface area contributed by atoms with E-state index in [2.05, 4.69) is 77.1 Å². The van der Waals surface area contributed by atoms with Crippen LogP contribution < -0.4 is 9.47 Å². The van der Waals surface area contributed by atoms with Crippen LogP contribution in [0.1, 0.15) is 137 Å². The van der Waals surface area contributed by atoms with Gasteiger partial charge in [-0.25, -0.2) is 0 Å². The molecule has 0 N–H and O–H groups in total. The molecular formula is C46H42O6. The first-order valence-corrected chi connectivity index (χ1v) is 17.5. The van der Waals surface area contributed by atoms with Gasteiger partial charge in [0.1, 0.15) is 23.0 Å². The maximum atomic E-state index is 12.6. The third-order valence-corrected chi connectivity index (χ3v) is 11.1. The number of hydrogen-bond donors (Lipinski definition) is 0. The van der Waals surface area contributed by atoms with E-state index in [-0.39, 0.29) is 5.41 Å². The van der Waals surface area contributed by atoms with Crippen LogP contribution in [0.25, 0.3) is 0 Å². The van der Waals surface area contributed by atoms with E-state index in [1.807, 2.05) is 27.7 Å². The van der Waals surface area contributed by atoms with Crippen molar-refractivity contribution in [2.24, 2.45) is 0 Å². The van der Waals surface area contributed by atoms with Crippen LogP contribution in [0.3, 0.4) is 0 Å². The fourth-order valence-corrected chi connectivity index (χ4v) is 8.25. The minimum atomic E-state index is -0.888. The average molecular weight is 691 g/mol. The highest BCUT2D eigenvalue weighted by molar-refractivity contribution is 5.89. The molecule has 262 valence electrons. The number of aldehydes is 4. The van der Waals surface area contributed by atoms with Gasteiger partial charge in [-0.05, 0) is 110 Å². The summed E-state index contributed by atoms with van der Waals surface area (Å²) in [6.45, 7) is 18.6. The molecule has 0 fully saturated rings. The molecule has 0 aromatic heterocycles. The summed E-state index contributed by atoms with van der Waals surface area (Å²) in [5, 5.41) is 0. The largest absolute Gasteiger partial charge is 0.455 e. The van der Waals surface area contributed by atoms with Crippen molar-refractivity contribution >= 4 is 25.1 Å². The number of hydrogen-bond acceptors (Lipinski definition) is 6. The number of benzene rings is 5. The molecule has 0 unspecified atom stereocenters. The molecule has 0 bridgehead atoms. The second-order valence-electron chi connectivity index (χ2n) is 15.9. The molecule has 0 amide bonds. The van der Waals surface area contributed by atoms with Gasteiger partial charge in [0.25, 0.3) is 0 Å². The lowest BCUT2D eigenvalue weighted by atomic mass is 9.63. The monoisotopic (exact) mass is 690 g/mol. The zero-order valence-electron chi connectivity index (χ0n) is 31.1. The quantitative estimate of drug-likeness (QED) is 0.165. The molecule has 0 atom stereocenters. The topological polar surface area (TPSA) is 86.7 Å². The number of carbonyl (C=O) groups is 4. The van der Waals surface area contributed by atoms with Gasteiger partial charge in [0.15, 0.2) is 25.1 Å². The molecule has 6 nitrogen and oxygen atoms in total. The van der Waals surface area contributed by atoms with Crippen LogP contribution >= 0.6 is 0 Å². The van der Waals surface area contributed by atoms with Crippen molar-refractivity contribution in [3.63, 3.8) is 0 Å². The Morgan fingerprint density at radius 1 is 0.442 bits per heavy atom. The van der Waals surface area contributed by atoms with E-state index in [4.69, 9.17) is 9.47 Å². The van der Waals surface area contributed by atoms with Crippen molar-refractivity contribution in [3.05, 3.63) is 150 Å². The smallest absolute Gasteiger partial charge is 0.153 e. The van der Waals surface area contributed by atoms with Crippen LogP contribution in [0.4, 0.5) is 0 Å². The number of aryl methyl sites for hydroxylation is 4. The minimum absolute atomic E-state index is 0.312. The number of rotatable bonds is 6. The van der Waals surface area contributed by atoms with Crippen molar-refractivity contribution in [2.75, 3.05) is 0 Å².